The number of fused-ring (bicyclic) bond motifs is 13. The number of ether oxygens (including phenoxy) is 4. The van der Waals surface area contributed by atoms with Gasteiger partial charge in [-0.15, -0.1) is 0 Å². The van der Waals surface area contributed by atoms with E-state index in [4.69, 9.17) is 18.9 Å². The van der Waals surface area contributed by atoms with Gasteiger partial charge in [-0.2, -0.15) is 0 Å². The van der Waals surface area contributed by atoms with E-state index in [1.54, 1.807) is 6.07 Å². The maximum absolute atomic E-state index is 12.1. The van der Waals surface area contributed by atoms with Crippen LogP contribution >= 0.6 is 0 Å². The second-order valence-corrected chi connectivity index (χ2v) is 21.3. The molecule has 7 atom stereocenters. The van der Waals surface area contributed by atoms with Crippen molar-refractivity contribution in [2.45, 2.75) is 120 Å². The van der Waals surface area contributed by atoms with Crippen LogP contribution in [0.25, 0.3) is 22.0 Å². The van der Waals surface area contributed by atoms with E-state index >= 15 is 0 Å². The fourth-order valence-corrected chi connectivity index (χ4v) is 11.9. The van der Waals surface area contributed by atoms with E-state index in [9.17, 15) is 25.5 Å². The minimum atomic E-state index is -1.27. The highest BCUT2D eigenvalue weighted by Crippen LogP contribution is 2.58. The Bertz CT molecular complexity index is 3000. The molecule has 10 rings (SSSR count). The highest BCUT2D eigenvalue weighted by atomic mass is 16.6. The first-order chi connectivity index (χ1) is 35.4. The Morgan fingerprint density at radius 1 is 0.890 bits per heavy atom. The topological polar surface area (TPSA) is 190 Å². The van der Waals surface area contributed by atoms with Crippen LogP contribution in [0.1, 0.15) is 96.6 Å². The van der Waals surface area contributed by atoms with Crippen molar-refractivity contribution in [1.82, 2.24) is 20.9 Å². The molecule has 0 saturated carbocycles. The molecule has 4 aliphatic rings. The molecule has 3 aliphatic heterocycles. The van der Waals surface area contributed by atoms with E-state index < -0.39 is 35.6 Å². The third kappa shape index (κ3) is 10.4. The molecular formula is C60H70N4O9. The second kappa shape index (κ2) is 21.4. The van der Waals surface area contributed by atoms with Gasteiger partial charge >= 0.3 is 0 Å². The van der Waals surface area contributed by atoms with Gasteiger partial charge in [0.25, 0.3) is 0 Å². The van der Waals surface area contributed by atoms with Crippen molar-refractivity contribution < 1.29 is 44.5 Å². The molecule has 0 saturated heterocycles. The predicted molar refractivity (Wildman–Crippen MR) is 282 cm³/mol. The number of hydrogen-bond acceptors (Lipinski definition) is 12. The lowest BCUT2D eigenvalue weighted by Gasteiger charge is -2.49. The summed E-state index contributed by atoms with van der Waals surface area (Å²) in [4.78, 5) is 3.32. The van der Waals surface area contributed by atoms with Gasteiger partial charge in [-0.05, 0) is 158 Å². The van der Waals surface area contributed by atoms with Crippen molar-refractivity contribution in [3.05, 3.63) is 136 Å². The molecule has 0 radical (unpaired) electrons. The lowest BCUT2D eigenvalue weighted by molar-refractivity contribution is -0.141. The first-order valence-corrected chi connectivity index (χ1v) is 26.0. The van der Waals surface area contributed by atoms with E-state index in [-0.39, 0.29) is 56.2 Å². The van der Waals surface area contributed by atoms with Gasteiger partial charge in [0.15, 0.2) is 17.6 Å². The van der Waals surface area contributed by atoms with Crippen LogP contribution in [-0.4, -0.2) is 100 Å². The number of phenolic OH excluding ortho intramolecular Hbond substituents is 2. The molecular weight excluding hydrogens is 921 g/mol. The summed E-state index contributed by atoms with van der Waals surface area (Å²) in [5.74, 6) is 8.97. The van der Waals surface area contributed by atoms with E-state index in [2.05, 4.69) is 83.0 Å². The van der Waals surface area contributed by atoms with Crippen LogP contribution in [0.5, 0.6) is 28.7 Å². The Balaban J connectivity index is 1.17. The molecule has 0 spiro atoms. The first kappa shape index (κ1) is 50.5. The van der Waals surface area contributed by atoms with Crippen molar-refractivity contribution in [3.8, 4) is 51.7 Å². The minimum absolute atomic E-state index is 0.00286. The fourth-order valence-electron chi connectivity index (χ4n) is 11.9. The molecule has 0 amide bonds. The number of rotatable bonds is 17. The standard InChI is InChI=1S/C60H70N4O9/c1-36(2)29-59(3,69)33-62-34-64-53-12-8-11-44(31-65)71-52-27-42(25-40(55(52)68)15-13-37-9-6-5-7-10-37)58-60(53,70-35-61-4)30-50-49-26-41(24-38-14-20-51-39(23-38)21-22-63-51)48-28-43(67)16-18-46(48)54(49)57-47(56(50)73-58)19-17-45(32-66)72-57/h5-7,9-10,14,16,18,20-23,25,27-28,36,41,44-45,53,58,61-69H,11,13,15,17,19,24,26,29-35H2,1-4H3. The lowest BCUT2D eigenvalue weighted by Crippen LogP contribution is -2.62. The van der Waals surface area contributed by atoms with Crippen molar-refractivity contribution in [2.24, 2.45) is 5.92 Å². The summed E-state index contributed by atoms with van der Waals surface area (Å²) >= 11 is 0. The van der Waals surface area contributed by atoms with Crippen LogP contribution in [0.2, 0.25) is 0 Å². The summed E-state index contributed by atoms with van der Waals surface area (Å²) < 4.78 is 28.5. The minimum Gasteiger partial charge on any atom is -0.508 e. The molecule has 384 valence electrons. The van der Waals surface area contributed by atoms with Gasteiger partial charge in [0.1, 0.15) is 41.1 Å². The molecule has 13 heteroatoms. The summed E-state index contributed by atoms with van der Waals surface area (Å²) in [6, 6.07) is 27.5. The highest BCUT2D eigenvalue weighted by Gasteiger charge is 2.55. The number of aryl methyl sites for hydroxylation is 2. The number of aromatic nitrogens is 1. The van der Waals surface area contributed by atoms with Gasteiger partial charge < -0.3 is 54.8 Å². The Morgan fingerprint density at radius 3 is 2.52 bits per heavy atom. The van der Waals surface area contributed by atoms with Crippen molar-refractivity contribution in [2.75, 3.05) is 40.2 Å². The van der Waals surface area contributed by atoms with Crippen LogP contribution in [0.4, 0.5) is 0 Å². The maximum atomic E-state index is 12.1. The second-order valence-electron chi connectivity index (χ2n) is 21.3. The zero-order chi connectivity index (χ0) is 50.9. The molecule has 5 aromatic carbocycles. The first-order valence-electron chi connectivity index (χ1n) is 26.0. The number of aromatic amines is 1. The number of aliphatic hydroxyl groups is 3. The van der Waals surface area contributed by atoms with Crippen LogP contribution in [0.15, 0.2) is 91.1 Å². The van der Waals surface area contributed by atoms with Crippen LogP contribution in [0.3, 0.4) is 0 Å². The Morgan fingerprint density at radius 2 is 1.73 bits per heavy atom. The van der Waals surface area contributed by atoms with Gasteiger partial charge in [0.2, 0.25) is 0 Å². The molecule has 1 aliphatic carbocycles. The Kier molecular flexibility index (Phi) is 14.8. The van der Waals surface area contributed by atoms with Crippen molar-refractivity contribution in [1.29, 1.82) is 0 Å². The average Bonchev–Trinajstić information content (AvgIpc) is 3.86. The van der Waals surface area contributed by atoms with E-state index in [0.717, 1.165) is 49.8 Å². The molecule has 6 aromatic rings. The van der Waals surface area contributed by atoms with Crippen molar-refractivity contribution in [3.63, 3.8) is 0 Å². The number of aromatic hydroxyl groups is 2. The summed E-state index contributed by atoms with van der Waals surface area (Å²) in [6.45, 7) is 6.30. The molecule has 13 nitrogen and oxygen atoms in total. The number of aliphatic hydroxyl groups excluding tert-OH is 2. The summed E-state index contributed by atoms with van der Waals surface area (Å²) in [6.07, 6.45) is 4.60. The smallest absolute Gasteiger partial charge is 0.162 e. The molecule has 2 bridgehead atoms. The lowest BCUT2D eigenvalue weighted by atomic mass is 9.69. The van der Waals surface area contributed by atoms with Crippen LogP contribution < -0.4 is 30.2 Å². The average molecular weight is 991 g/mol. The normalized spacial score (nSPS) is 22.7. The van der Waals surface area contributed by atoms with E-state index in [1.807, 2.05) is 62.6 Å². The van der Waals surface area contributed by atoms with Gasteiger partial charge in [-0.3, -0.25) is 10.6 Å². The number of H-pyrrole nitrogens is 1. The SMILES string of the molecule is CNCOC12Cc3c4c(c5c(c3OC1c1cc(CCc3ccccc3)c(O)c(c1)OC(CO)CC#CC2NCNCC(C)(O)CC(C)C)CCC(CO)O5)-c1ccc(O)cc1C(Cc1ccc2[nH]ccc2c1)C4. The Labute approximate surface area is 428 Å². The van der Waals surface area contributed by atoms with Gasteiger partial charge in [-0.25, -0.2) is 0 Å². The van der Waals surface area contributed by atoms with E-state index in [0.29, 0.717) is 86.5 Å². The summed E-state index contributed by atoms with van der Waals surface area (Å²) in [5, 5.41) is 67.5. The highest BCUT2D eigenvalue weighted by molar-refractivity contribution is 5.85. The molecule has 73 heavy (non-hydrogen) atoms. The molecule has 0 fully saturated rings. The third-order valence-electron chi connectivity index (χ3n) is 15.2. The largest absolute Gasteiger partial charge is 0.508 e. The van der Waals surface area contributed by atoms with Gasteiger partial charge in [0.05, 0.1) is 25.5 Å². The molecule has 4 heterocycles. The molecule has 9 N–H and O–H groups in total. The number of hydrogen-bond donors (Lipinski definition) is 9. The van der Waals surface area contributed by atoms with Crippen LogP contribution in [-0.2, 0) is 43.3 Å². The number of nitrogens with one attached hydrogen (secondary N) is 4. The zero-order valence-corrected chi connectivity index (χ0v) is 42.4. The summed E-state index contributed by atoms with van der Waals surface area (Å²) in [7, 11) is 1.84. The van der Waals surface area contributed by atoms with Gasteiger partial charge in [-0.1, -0.05) is 68.2 Å². The number of phenols is 2. The zero-order valence-electron chi connectivity index (χ0n) is 42.4. The van der Waals surface area contributed by atoms with E-state index in [1.165, 1.54) is 5.56 Å². The quantitative estimate of drug-likeness (QED) is 0.0247. The third-order valence-corrected chi connectivity index (χ3v) is 15.2. The molecule has 7 unspecified atom stereocenters. The Hall–Kier alpha value is -6.08. The van der Waals surface area contributed by atoms with Crippen molar-refractivity contribution >= 4 is 10.9 Å². The fraction of sp³-hybridized carbons (Fsp3) is 0.433. The molecule has 1 aromatic heterocycles. The van der Waals surface area contributed by atoms with Crippen LogP contribution in [0, 0.1) is 17.8 Å². The monoisotopic (exact) mass is 991 g/mol. The predicted octanol–water partition coefficient (Wildman–Crippen LogP) is 7.66. The van der Waals surface area contributed by atoms with Gasteiger partial charge in [0, 0.05) is 54.5 Å². The maximum Gasteiger partial charge on any atom is 0.162 e. The summed E-state index contributed by atoms with van der Waals surface area (Å²) in [5.41, 5.74) is 8.31. The number of benzene rings is 5.